The first-order valence-electron chi connectivity index (χ1n) is 17.6. The summed E-state index contributed by atoms with van der Waals surface area (Å²) in [7, 11) is 0. The first-order valence-corrected chi connectivity index (χ1v) is 17.6. The lowest BCUT2D eigenvalue weighted by molar-refractivity contribution is 0.660. The maximum absolute atomic E-state index is 5.26. The van der Waals surface area contributed by atoms with Crippen LogP contribution in [0.3, 0.4) is 0 Å². The number of aromatic nitrogens is 5. The zero-order valence-corrected chi connectivity index (χ0v) is 28.8. The Morgan fingerprint density at radius 1 is 0.462 bits per heavy atom. The van der Waals surface area contributed by atoms with E-state index in [-0.39, 0.29) is 5.41 Å². The van der Waals surface area contributed by atoms with Gasteiger partial charge in [-0.2, -0.15) is 0 Å². The maximum Gasteiger partial charge on any atom is 0.160 e. The van der Waals surface area contributed by atoms with Gasteiger partial charge in [0.2, 0.25) is 0 Å². The van der Waals surface area contributed by atoms with Gasteiger partial charge in [-0.15, -0.1) is 0 Å². The van der Waals surface area contributed by atoms with Gasteiger partial charge in [0.1, 0.15) is 6.33 Å². The van der Waals surface area contributed by atoms with Gasteiger partial charge in [-0.05, 0) is 70.3 Å². The molecule has 246 valence electrons. The quantitative estimate of drug-likeness (QED) is 0.183. The standard InChI is InChI=1S/C47H33N5/c1-47(2)40-17-9-6-14-36(40)37-21-20-31(25-41(37)47)42-26-43(51-46(50-42)30-12-4-3-5-13-30)33-22-32(34-27-48-29-49-28-34)23-35(24-33)52-44-18-10-7-15-38(44)39-16-8-11-19-45(39)52/h3-29H,1-2H3. The summed E-state index contributed by atoms with van der Waals surface area (Å²) >= 11 is 0. The van der Waals surface area contributed by atoms with Crippen molar-refractivity contribution in [2.24, 2.45) is 0 Å². The topological polar surface area (TPSA) is 56.5 Å². The van der Waals surface area contributed by atoms with E-state index in [9.17, 15) is 0 Å². The van der Waals surface area contributed by atoms with Crippen LogP contribution < -0.4 is 0 Å². The molecule has 0 aliphatic heterocycles. The molecule has 0 fully saturated rings. The largest absolute Gasteiger partial charge is 0.309 e. The van der Waals surface area contributed by atoms with Crippen molar-refractivity contribution in [3.8, 4) is 61.8 Å². The van der Waals surface area contributed by atoms with Crippen LogP contribution in [0.25, 0.3) is 83.6 Å². The van der Waals surface area contributed by atoms with Crippen LogP contribution in [0.15, 0.2) is 164 Å². The van der Waals surface area contributed by atoms with Crippen molar-refractivity contribution in [1.29, 1.82) is 0 Å². The van der Waals surface area contributed by atoms with Gasteiger partial charge in [-0.25, -0.2) is 19.9 Å². The molecule has 0 atom stereocenters. The van der Waals surface area contributed by atoms with Gasteiger partial charge < -0.3 is 4.57 Å². The zero-order chi connectivity index (χ0) is 34.8. The molecule has 0 unspecified atom stereocenters. The second-order valence-electron chi connectivity index (χ2n) is 14.0. The number of nitrogens with zero attached hydrogens (tertiary/aromatic N) is 5. The Bertz CT molecular complexity index is 2760. The van der Waals surface area contributed by atoms with E-state index in [1.165, 1.54) is 33.0 Å². The van der Waals surface area contributed by atoms with Crippen molar-refractivity contribution >= 4 is 21.8 Å². The summed E-state index contributed by atoms with van der Waals surface area (Å²) in [5.41, 5.74) is 15.1. The van der Waals surface area contributed by atoms with Gasteiger partial charge in [0.15, 0.2) is 5.82 Å². The molecule has 1 aliphatic rings. The molecule has 10 rings (SSSR count). The molecule has 0 saturated carbocycles. The molecule has 0 spiro atoms. The minimum atomic E-state index is -0.122. The van der Waals surface area contributed by atoms with E-state index in [4.69, 9.17) is 9.97 Å². The van der Waals surface area contributed by atoms with Crippen molar-refractivity contribution in [1.82, 2.24) is 24.5 Å². The summed E-state index contributed by atoms with van der Waals surface area (Å²) in [5.74, 6) is 0.683. The van der Waals surface area contributed by atoms with Crippen LogP contribution in [0.2, 0.25) is 0 Å². The summed E-state index contributed by atoms with van der Waals surface area (Å²) in [6.45, 7) is 4.63. The van der Waals surface area contributed by atoms with Gasteiger partial charge in [-0.3, -0.25) is 0 Å². The number of hydrogen-bond acceptors (Lipinski definition) is 4. The van der Waals surface area contributed by atoms with Crippen LogP contribution in [-0.4, -0.2) is 24.5 Å². The number of hydrogen-bond donors (Lipinski definition) is 0. The molecule has 1 aliphatic carbocycles. The smallest absolute Gasteiger partial charge is 0.160 e. The van der Waals surface area contributed by atoms with Gasteiger partial charge >= 0.3 is 0 Å². The van der Waals surface area contributed by atoms with E-state index in [1.54, 1.807) is 6.33 Å². The van der Waals surface area contributed by atoms with E-state index >= 15 is 0 Å². The summed E-state index contributed by atoms with van der Waals surface area (Å²) < 4.78 is 2.35. The van der Waals surface area contributed by atoms with Crippen LogP contribution >= 0.6 is 0 Å². The van der Waals surface area contributed by atoms with E-state index < -0.39 is 0 Å². The molecule has 0 saturated heterocycles. The maximum atomic E-state index is 5.26. The summed E-state index contributed by atoms with van der Waals surface area (Å²) in [5, 5.41) is 2.43. The highest BCUT2D eigenvalue weighted by Gasteiger charge is 2.35. The summed E-state index contributed by atoms with van der Waals surface area (Å²) in [4.78, 5) is 19.2. The van der Waals surface area contributed by atoms with E-state index in [1.807, 2.05) is 30.6 Å². The Kier molecular flexibility index (Phi) is 6.77. The third-order valence-electron chi connectivity index (χ3n) is 10.6. The fourth-order valence-electron chi connectivity index (χ4n) is 8.03. The molecule has 5 heteroatoms. The third kappa shape index (κ3) is 4.78. The van der Waals surface area contributed by atoms with Crippen LogP contribution in [0.4, 0.5) is 0 Å². The minimum absolute atomic E-state index is 0.122. The molecule has 3 heterocycles. The lowest BCUT2D eigenvalue weighted by Crippen LogP contribution is -2.14. The molecule has 0 N–H and O–H groups in total. The van der Waals surface area contributed by atoms with E-state index in [0.29, 0.717) is 5.82 Å². The van der Waals surface area contributed by atoms with Gasteiger partial charge in [-0.1, -0.05) is 117 Å². The molecule has 9 aromatic rings. The van der Waals surface area contributed by atoms with Crippen molar-refractivity contribution < 1.29 is 0 Å². The van der Waals surface area contributed by atoms with E-state index in [0.717, 1.165) is 55.9 Å². The second kappa shape index (κ2) is 11.7. The molecule has 5 nitrogen and oxygen atoms in total. The second-order valence-corrected chi connectivity index (χ2v) is 14.0. The predicted octanol–water partition coefficient (Wildman–Crippen LogP) is 11.3. The van der Waals surface area contributed by atoms with Crippen molar-refractivity contribution in [3.63, 3.8) is 0 Å². The fraction of sp³-hybridized carbons (Fsp3) is 0.0638. The number of rotatable bonds is 5. The molecular formula is C47H33N5. The molecule has 52 heavy (non-hydrogen) atoms. The number of fused-ring (bicyclic) bond motifs is 6. The number of para-hydroxylation sites is 2. The average Bonchev–Trinajstić information content (AvgIpc) is 3.66. The molecule has 0 radical (unpaired) electrons. The fourth-order valence-corrected chi connectivity index (χ4v) is 8.03. The van der Waals surface area contributed by atoms with Crippen molar-refractivity contribution in [2.45, 2.75) is 19.3 Å². The average molecular weight is 668 g/mol. The van der Waals surface area contributed by atoms with Crippen LogP contribution in [-0.2, 0) is 5.41 Å². The predicted molar refractivity (Wildman–Crippen MR) is 211 cm³/mol. The Labute approximate surface area is 302 Å². The normalized spacial score (nSPS) is 13.0. The minimum Gasteiger partial charge on any atom is -0.309 e. The zero-order valence-electron chi connectivity index (χ0n) is 28.8. The van der Waals surface area contributed by atoms with Gasteiger partial charge in [0.05, 0.1) is 22.4 Å². The SMILES string of the molecule is CC1(C)c2ccccc2-c2ccc(-c3cc(-c4cc(-c5cncnc5)cc(-n5c6ccccc6c6ccccc65)c4)nc(-c4ccccc4)n3)cc21. The number of benzene rings is 6. The molecular weight excluding hydrogens is 635 g/mol. The third-order valence-corrected chi connectivity index (χ3v) is 10.6. The first kappa shape index (κ1) is 30.1. The highest BCUT2D eigenvalue weighted by molar-refractivity contribution is 6.09. The van der Waals surface area contributed by atoms with Gasteiger partial charge in [0, 0.05) is 56.5 Å². The Morgan fingerprint density at radius 3 is 1.83 bits per heavy atom. The molecule has 3 aromatic heterocycles. The Balaban J connectivity index is 1.21. The van der Waals surface area contributed by atoms with Crippen molar-refractivity contribution in [2.75, 3.05) is 0 Å². The van der Waals surface area contributed by atoms with Crippen LogP contribution in [0.1, 0.15) is 25.0 Å². The Morgan fingerprint density at radius 2 is 1.08 bits per heavy atom. The molecule has 6 aromatic carbocycles. The van der Waals surface area contributed by atoms with Crippen LogP contribution in [0, 0.1) is 0 Å². The highest BCUT2D eigenvalue weighted by Crippen LogP contribution is 2.49. The van der Waals surface area contributed by atoms with Gasteiger partial charge in [0.25, 0.3) is 0 Å². The van der Waals surface area contributed by atoms with Crippen molar-refractivity contribution in [3.05, 3.63) is 175 Å². The monoisotopic (exact) mass is 667 g/mol. The summed E-state index contributed by atoms with van der Waals surface area (Å²) in [6, 6.07) is 51.8. The van der Waals surface area contributed by atoms with E-state index in [2.05, 4.69) is 156 Å². The van der Waals surface area contributed by atoms with Crippen LogP contribution in [0.5, 0.6) is 0 Å². The first-order chi connectivity index (χ1) is 25.5. The summed E-state index contributed by atoms with van der Waals surface area (Å²) in [6.07, 6.45) is 5.31. The Hall–Kier alpha value is -6.72. The lowest BCUT2D eigenvalue weighted by Gasteiger charge is -2.22. The lowest BCUT2D eigenvalue weighted by atomic mass is 9.82. The molecule has 0 bridgehead atoms. The highest BCUT2D eigenvalue weighted by atomic mass is 15.0. The molecule has 0 amide bonds.